The van der Waals surface area contributed by atoms with Gasteiger partial charge in [0.25, 0.3) is 0 Å². The summed E-state index contributed by atoms with van der Waals surface area (Å²) in [5.41, 5.74) is 2.55. The summed E-state index contributed by atoms with van der Waals surface area (Å²) < 4.78 is 12.8. The highest BCUT2D eigenvalue weighted by Crippen LogP contribution is 2.37. The summed E-state index contributed by atoms with van der Waals surface area (Å²) in [5.74, 6) is 3.58. The number of aryl methyl sites for hydroxylation is 1. The van der Waals surface area contributed by atoms with Gasteiger partial charge in [-0.1, -0.05) is 70.9 Å². The zero-order valence-electron chi connectivity index (χ0n) is 21.8. The summed E-state index contributed by atoms with van der Waals surface area (Å²) in [4.78, 5) is 2.80. The average Bonchev–Trinajstić information content (AvgIpc) is 2.88. The largest absolute Gasteiger partial charge is 0.490 e. The van der Waals surface area contributed by atoms with Crippen LogP contribution in [-0.2, 0) is 6.42 Å². The predicted molar refractivity (Wildman–Crippen MR) is 142 cm³/mol. The molecule has 0 N–H and O–H groups in total. The highest BCUT2D eigenvalue weighted by atomic mass is 16.5. The zero-order chi connectivity index (χ0) is 23.9. The van der Waals surface area contributed by atoms with E-state index >= 15 is 0 Å². The van der Waals surface area contributed by atoms with Gasteiger partial charge in [-0.2, -0.15) is 0 Å². The minimum atomic E-state index is 0.157. The van der Waals surface area contributed by atoms with Gasteiger partial charge in [0.2, 0.25) is 0 Å². The van der Waals surface area contributed by atoms with E-state index in [-0.39, 0.29) is 6.10 Å². The molecule has 2 aliphatic rings. The molecule has 2 aromatic rings. The Morgan fingerprint density at radius 1 is 0.882 bits per heavy atom. The molecule has 3 heteroatoms. The molecule has 3 nitrogen and oxygen atoms in total. The highest BCUT2D eigenvalue weighted by Gasteiger charge is 2.29. The molecule has 0 aromatic heterocycles. The summed E-state index contributed by atoms with van der Waals surface area (Å²) in [6.07, 6.45) is 9.92. The lowest BCUT2D eigenvalue weighted by Gasteiger charge is -2.39. The molecule has 3 unspecified atom stereocenters. The Bertz CT molecular complexity index is 862. The molecular formula is C31H45NO2. The Kier molecular flexibility index (Phi) is 8.94. The Balaban J connectivity index is 1.31. The quantitative estimate of drug-likeness (QED) is 0.358. The van der Waals surface area contributed by atoms with Gasteiger partial charge in [0.1, 0.15) is 17.6 Å². The van der Waals surface area contributed by atoms with Crippen LogP contribution < -0.4 is 9.47 Å². The Hall–Kier alpha value is -2.00. The first-order valence-corrected chi connectivity index (χ1v) is 13.8. The van der Waals surface area contributed by atoms with Gasteiger partial charge in [0.05, 0.1) is 6.10 Å². The summed E-state index contributed by atoms with van der Waals surface area (Å²) in [6, 6.07) is 17.7. The molecule has 1 fully saturated rings. The second kappa shape index (κ2) is 12.1. The van der Waals surface area contributed by atoms with Crippen LogP contribution in [0, 0.1) is 11.8 Å². The number of hydrogen-bond acceptors (Lipinski definition) is 3. The molecule has 1 aliphatic heterocycles. The maximum atomic E-state index is 6.49. The highest BCUT2D eigenvalue weighted by molar-refractivity contribution is 5.42. The maximum Gasteiger partial charge on any atom is 0.124 e. The molecule has 0 saturated heterocycles. The number of rotatable bonds is 10. The van der Waals surface area contributed by atoms with Crippen LogP contribution in [0.3, 0.4) is 0 Å². The second-order valence-corrected chi connectivity index (χ2v) is 10.9. The molecule has 3 atom stereocenters. The minimum Gasteiger partial charge on any atom is -0.490 e. The van der Waals surface area contributed by atoms with Crippen molar-refractivity contribution >= 4 is 0 Å². The standard InChI is InChI=1S/C31H45NO2/c1-5-23(3)21-32(22-24(4)6-2)27-13-15-28(16-14-27)33-29-17-19-31-26(20-29)12-18-30(34-31)25-10-8-7-9-11-25/h7-11,17,19-20,23-24,27-28,30H,5-6,12-16,18,21-22H2,1-4H3/t23?,24?,27-,28-,30?. The van der Waals surface area contributed by atoms with Crippen LogP contribution in [0.1, 0.15) is 89.9 Å². The lowest BCUT2D eigenvalue weighted by Crippen LogP contribution is -2.44. The fourth-order valence-corrected chi connectivity index (χ4v) is 5.49. The van der Waals surface area contributed by atoms with Crippen LogP contribution in [0.5, 0.6) is 11.5 Å². The SMILES string of the molecule is CCC(C)CN(CC(C)CC)[C@H]1CC[C@H](Oc2ccc3c(c2)CCC(c2ccccc2)O3)CC1. The van der Waals surface area contributed by atoms with Crippen LogP contribution in [-0.4, -0.2) is 30.1 Å². The van der Waals surface area contributed by atoms with Gasteiger partial charge < -0.3 is 9.47 Å². The number of benzene rings is 2. The van der Waals surface area contributed by atoms with Gasteiger partial charge in [0, 0.05) is 19.1 Å². The minimum absolute atomic E-state index is 0.157. The van der Waals surface area contributed by atoms with E-state index < -0.39 is 0 Å². The fourth-order valence-electron chi connectivity index (χ4n) is 5.49. The topological polar surface area (TPSA) is 21.7 Å². The van der Waals surface area contributed by atoms with Gasteiger partial charge in [-0.25, -0.2) is 0 Å². The smallest absolute Gasteiger partial charge is 0.124 e. The summed E-state index contributed by atoms with van der Waals surface area (Å²) in [7, 11) is 0. The molecule has 0 spiro atoms. The third-order valence-corrected chi connectivity index (χ3v) is 8.10. The summed E-state index contributed by atoms with van der Waals surface area (Å²) in [5, 5.41) is 0. The number of fused-ring (bicyclic) bond motifs is 1. The predicted octanol–water partition coefficient (Wildman–Crippen LogP) is 7.84. The van der Waals surface area contributed by atoms with Crippen LogP contribution >= 0.6 is 0 Å². The van der Waals surface area contributed by atoms with Gasteiger partial charge in [0.15, 0.2) is 0 Å². The average molecular weight is 464 g/mol. The van der Waals surface area contributed by atoms with Crippen molar-refractivity contribution in [3.8, 4) is 11.5 Å². The third kappa shape index (κ3) is 6.56. The number of hydrogen-bond donors (Lipinski definition) is 0. The van der Waals surface area contributed by atoms with Crippen LogP contribution in [0.15, 0.2) is 48.5 Å². The van der Waals surface area contributed by atoms with Gasteiger partial charge in [-0.3, -0.25) is 4.90 Å². The van der Waals surface area contributed by atoms with Crippen LogP contribution in [0.25, 0.3) is 0 Å². The first-order valence-electron chi connectivity index (χ1n) is 13.8. The van der Waals surface area contributed by atoms with Crippen molar-refractivity contribution in [2.75, 3.05) is 13.1 Å². The van der Waals surface area contributed by atoms with E-state index in [1.54, 1.807) is 0 Å². The van der Waals surface area contributed by atoms with Crippen LogP contribution in [0.4, 0.5) is 0 Å². The molecule has 0 radical (unpaired) electrons. The molecular weight excluding hydrogens is 418 g/mol. The van der Waals surface area contributed by atoms with E-state index in [2.05, 4.69) is 81.1 Å². The summed E-state index contributed by atoms with van der Waals surface area (Å²) in [6.45, 7) is 11.9. The Morgan fingerprint density at radius 2 is 1.56 bits per heavy atom. The van der Waals surface area contributed by atoms with E-state index in [9.17, 15) is 0 Å². The molecule has 1 saturated carbocycles. The molecule has 34 heavy (non-hydrogen) atoms. The van der Waals surface area contributed by atoms with Crippen molar-refractivity contribution in [1.82, 2.24) is 4.90 Å². The van der Waals surface area contributed by atoms with Crippen LogP contribution in [0.2, 0.25) is 0 Å². The van der Waals surface area contributed by atoms with Gasteiger partial charge in [-0.05, 0) is 79.7 Å². The van der Waals surface area contributed by atoms with Crippen molar-refractivity contribution in [1.29, 1.82) is 0 Å². The fraction of sp³-hybridized carbons (Fsp3) is 0.613. The molecule has 0 bridgehead atoms. The lowest BCUT2D eigenvalue weighted by molar-refractivity contribution is 0.0704. The molecule has 4 rings (SSSR count). The summed E-state index contributed by atoms with van der Waals surface area (Å²) >= 11 is 0. The van der Waals surface area contributed by atoms with E-state index in [4.69, 9.17) is 9.47 Å². The van der Waals surface area contributed by atoms with Gasteiger partial charge >= 0.3 is 0 Å². The first-order chi connectivity index (χ1) is 16.6. The first kappa shape index (κ1) is 25.1. The number of ether oxygens (including phenoxy) is 2. The monoisotopic (exact) mass is 463 g/mol. The van der Waals surface area contributed by atoms with Crippen molar-refractivity contribution in [3.05, 3.63) is 59.7 Å². The van der Waals surface area contributed by atoms with E-state index in [1.165, 1.54) is 49.9 Å². The molecule has 2 aromatic carbocycles. The molecule has 1 heterocycles. The van der Waals surface area contributed by atoms with E-state index in [0.29, 0.717) is 6.10 Å². The number of nitrogens with zero attached hydrogens (tertiary/aromatic N) is 1. The molecule has 0 amide bonds. The second-order valence-electron chi connectivity index (χ2n) is 10.9. The van der Waals surface area contributed by atoms with Crippen molar-refractivity contribution < 1.29 is 9.47 Å². The Morgan fingerprint density at radius 3 is 2.21 bits per heavy atom. The maximum absolute atomic E-state index is 6.49. The molecule has 186 valence electrons. The van der Waals surface area contributed by atoms with Gasteiger partial charge in [-0.15, -0.1) is 0 Å². The van der Waals surface area contributed by atoms with Crippen molar-refractivity contribution in [3.63, 3.8) is 0 Å². The zero-order valence-corrected chi connectivity index (χ0v) is 21.8. The third-order valence-electron chi connectivity index (χ3n) is 8.10. The lowest BCUT2D eigenvalue weighted by atomic mass is 9.90. The normalized spacial score (nSPS) is 24.2. The molecule has 1 aliphatic carbocycles. The van der Waals surface area contributed by atoms with E-state index in [0.717, 1.165) is 55.1 Å². The van der Waals surface area contributed by atoms with Crippen molar-refractivity contribution in [2.45, 2.75) is 97.3 Å². The van der Waals surface area contributed by atoms with E-state index in [1.807, 2.05) is 0 Å². The van der Waals surface area contributed by atoms with Crippen molar-refractivity contribution in [2.24, 2.45) is 11.8 Å². The Labute approximate surface area is 207 Å².